The van der Waals surface area contributed by atoms with Gasteiger partial charge < -0.3 is 19.8 Å². The standard InChI is InChI=1S/C26H32FNO5/c27-20-9-13-22(14-10-20)33-23-7-5-6-19(18-23)24(29)15-11-21-12-16-25(30)28(21)17-4-2-1-3-8-26(31)32/h5-7,9-10,13-14,18,21,24,29H,1-4,8,11-12,15-17H2,(H,31,32)/t21-,24-/m0/s1. The Bertz CT molecular complexity index is 917. The molecule has 1 aliphatic rings. The molecule has 2 aromatic rings. The number of carboxylic acid groups (broad SMARTS) is 1. The quantitative estimate of drug-likeness (QED) is 0.390. The van der Waals surface area contributed by atoms with Crippen molar-refractivity contribution in [2.45, 2.75) is 69.9 Å². The fourth-order valence-electron chi connectivity index (χ4n) is 4.25. The van der Waals surface area contributed by atoms with Crippen molar-refractivity contribution >= 4 is 11.9 Å². The second kappa shape index (κ2) is 12.3. The van der Waals surface area contributed by atoms with E-state index in [9.17, 15) is 19.1 Å². The van der Waals surface area contributed by atoms with E-state index in [1.807, 2.05) is 17.0 Å². The Kier molecular flexibility index (Phi) is 9.24. The Morgan fingerprint density at radius 2 is 1.85 bits per heavy atom. The summed E-state index contributed by atoms with van der Waals surface area (Å²) in [5, 5.41) is 19.4. The van der Waals surface area contributed by atoms with Gasteiger partial charge in [-0.25, -0.2) is 4.39 Å². The molecule has 0 radical (unpaired) electrons. The number of aliphatic carboxylic acids is 1. The Balaban J connectivity index is 1.46. The lowest BCUT2D eigenvalue weighted by Gasteiger charge is -2.26. The summed E-state index contributed by atoms with van der Waals surface area (Å²) < 4.78 is 18.8. The Morgan fingerprint density at radius 3 is 2.61 bits per heavy atom. The molecule has 2 aromatic carbocycles. The first-order valence-corrected chi connectivity index (χ1v) is 11.6. The number of ether oxygens (including phenoxy) is 1. The number of carbonyl (C=O) groups is 2. The third-order valence-electron chi connectivity index (χ3n) is 6.06. The number of aliphatic hydroxyl groups is 1. The van der Waals surface area contributed by atoms with Gasteiger partial charge in [-0.1, -0.05) is 25.0 Å². The van der Waals surface area contributed by atoms with Gasteiger partial charge >= 0.3 is 5.97 Å². The molecule has 2 N–H and O–H groups in total. The lowest BCUT2D eigenvalue weighted by molar-refractivity contribution is -0.137. The number of likely N-dealkylation sites (tertiary alicyclic amines) is 1. The summed E-state index contributed by atoms with van der Waals surface area (Å²) >= 11 is 0. The molecule has 1 fully saturated rings. The molecule has 1 saturated heterocycles. The number of halogens is 1. The minimum Gasteiger partial charge on any atom is -0.481 e. The van der Waals surface area contributed by atoms with E-state index in [1.54, 1.807) is 24.3 Å². The Labute approximate surface area is 194 Å². The zero-order chi connectivity index (χ0) is 23.6. The summed E-state index contributed by atoms with van der Waals surface area (Å²) in [7, 11) is 0. The normalized spacial score (nSPS) is 16.7. The topological polar surface area (TPSA) is 87.1 Å². The Morgan fingerprint density at radius 1 is 1.09 bits per heavy atom. The van der Waals surface area contributed by atoms with E-state index in [-0.39, 0.29) is 24.2 Å². The van der Waals surface area contributed by atoms with Gasteiger partial charge in [0.25, 0.3) is 0 Å². The van der Waals surface area contributed by atoms with Crippen LogP contribution in [0.15, 0.2) is 48.5 Å². The van der Waals surface area contributed by atoms with E-state index in [0.29, 0.717) is 37.3 Å². The van der Waals surface area contributed by atoms with Gasteiger partial charge in [-0.2, -0.15) is 0 Å². The first-order chi connectivity index (χ1) is 15.9. The molecule has 33 heavy (non-hydrogen) atoms. The third-order valence-corrected chi connectivity index (χ3v) is 6.06. The lowest BCUT2D eigenvalue weighted by Crippen LogP contribution is -2.34. The van der Waals surface area contributed by atoms with Crippen LogP contribution in [0.4, 0.5) is 4.39 Å². The number of benzene rings is 2. The summed E-state index contributed by atoms with van der Waals surface area (Å²) in [5.41, 5.74) is 0.740. The maximum Gasteiger partial charge on any atom is 0.303 e. The maximum atomic E-state index is 13.1. The number of amides is 1. The molecule has 0 aromatic heterocycles. The first-order valence-electron chi connectivity index (χ1n) is 11.6. The fraction of sp³-hybridized carbons (Fsp3) is 0.462. The zero-order valence-corrected chi connectivity index (χ0v) is 18.8. The van der Waals surface area contributed by atoms with E-state index >= 15 is 0 Å². The van der Waals surface area contributed by atoms with Crippen LogP contribution in [0.3, 0.4) is 0 Å². The van der Waals surface area contributed by atoms with Crippen LogP contribution in [0.1, 0.15) is 69.5 Å². The summed E-state index contributed by atoms with van der Waals surface area (Å²) in [6, 6.07) is 13.1. The van der Waals surface area contributed by atoms with E-state index < -0.39 is 12.1 Å². The molecule has 0 spiro atoms. The average Bonchev–Trinajstić information content (AvgIpc) is 3.15. The number of hydrogen-bond acceptors (Lipinski definition) is 4. The molecule has 7 heteroatoms. The van der Waals surface area contributed by atoms with E-state index in [1.165, 1.54) is 12.1 Å². The zero-order valence-electron chi connectivity index (χ0n) is 18.8. The molecular weight excluding hydrogens is 425 g/mol. The third kappa shape index (κ3) is 7.86. The second-order valence-corrected chi connectivity index (χ2v) is 8.56. The van der Waals surface area contributed by atoms with Crippen LogP contribution in [0, 0.1) is 5.82 Å². The molecule has 1 aliphatic heterocycles. The molecular formula is C26H32FNO5. The van der Waals surface area contributed by atoms with Crippen molar-refractivity contribution in [1.29, 1.82) is 0 Å². The molecule has 0 saturated carbocycles. The van der Waals surface area contributed by atoms with E-state index in [4.69, 9.17) is 9.84 Å². The number of unbranched alkanes of at least 4 members (excludes halogenated alkanes) is 3. The highest BCUT2D eigenvalue weighted by Crippen LogP contribution is 2.30. The van der Waals surface area contributed by atoms with E-state index in [0.717, 1.165) is 37.7 Å². The molecule has 3 rings (SSSR count). The van der Waals surface area contributed by atoms with Crippen LogP contribution < -0.4 is 4.74 Å². The summed E-state index contributed by atoms with van der Waals surface area (Å²) in [6.07, 6.45) is 5.42. The highest BCUT2D eigenvalue weighted by atomic mass is 19.1. The van der Waals surface area contributed by atoms with Crippen molar-refractivity contribution in [3.63, 3.8) is 0 Å². The maximum absolute atomic E-state index is 13.1. The number of rotatable bonds is 13. The second-order valence-electron chi connectivity index (χ2n) is 8.56. The van der Waals surface area contributed by atoms with Gasteiger partial charge in [-0.05, 0) is 74.1 Å². The minimum absolute atomic E-state index is 0.129. The van der Waals surface area contributed by atoms with Gasteiger partial charge in [0.2, 0.25) is 5.91 Å². The molecule has 6 nitrogen and oxygen atoms in total. The number of carboxylic acids is 1. The molecule has 178 valence electrons. The summed E-state index contributed by atoms with van der Waals surface area (Å²) in [6.45, 7) is 0.688. The van der Waals surface area contributed by atoms with Crippen molar-refractivity contribution in [3.8, 4) is 11.5 Å². The van der Waals surface area contributed by atoms with Crippen LogP contribution >= 0.6 is 0 Å². The van der Waals surface area contributed by atoms with Crippen molar-refractivity contribution in [2.75, 3.05) is 6.54 Å². The van der Waals surface area contributed by atoms with Crippen LogP contribution in [-0.2, 0) is 9.59 Å². The van der Waals surface area contributed by atoms with Crippen LogP contribution in [0.25, 0.3) is 0 Å². The van der Waals surface area contributed by atoms with E-state index in [2.05, 4.69) is 0 Å². The van der Waals surface area contributed by atoms with Gasteiger partial charge in [0.15, 0.2) is 0 Å². The number of nitrogens with zero attached hydrogens (tertiary/aromatic N) is 1. The van der Waals surface area contributed by atoms with Crippen molar-refractivity contribution in [2.24, 2.45) is 0 Å². The molecule has 1 heterocycles. The largest absolute Gasteiger partial charge is 0.481 e. The smallest absolute Gasteiger partial charge is 0.303 e. The fourth-order valence-corrected chi connectivity index (χ4v) is 4.25. The van der Waals surface area contributed by atoms with Gasteiger partial charge in [-0.15, -0.1) is 0 Å². The highest BCUT2D eigenvalue weighted by Gasteiger charge is 2.30. The molecule has 0 unspecified atom stereocenters. The molecule has 1 amide bonds. The minimum atomic E-state index is -0.768. The van der Waals surface area contributed by atoms with Crippen molar-refractivity contribution < 1.29 is 28.9 Å². The predicted octanol–water partition coefficient (Wildman–Crippen LogP) is 5.46. The van der Waals surface area contributed by atoms with Gasteiger partial charge in [0.05, 0.1) is 6.10 Å². The summed E-state index contributed by atoms with van der Waals surface area (Å²) in [4.78, 5) is 24.8. The highest BCUT2D eigenvalue weighted by molar-refractivity contribution is 5.78. The van der Waals surface area contributed by atoms with Crippen molar-refractivity contribution in [1.82, 2.24) is 4.90 Å². The molecule has 0 aliphatic carbocycles. The lowest BCUT2D eigenvalue weighted by atomic mass is 10.00. The predicted molar refractivity (Wildman–Crippen MR) is 123 cm³/mol. The Hall–Kier alpha value is -2.93. The molecule has 0 bridgehead atoms. The number of carbonyl (C=O) groups excluding carboxylic acids is 1. The summed E-state index contributed by atoms with van der Waals surface area (Å²) in [5.74, 6) is 0.152. The van der Waals surface area contributed by atoms with Crippen LogP contribution in [0.2, 0.25) is 0 Å². The average molecular weight is 458 g/mol. The van der Waals surface area contributed by atoms with Gasteiger partial charge in [0.1, 0.15) is 17.3 Å². The van der Waals surface area contributed by atoms with Crippen molar-refractivity contribution in [3.05, 3.63) is 59.9 Å². The SMILES string of the molecule is O=C(O)CCCCCCN1C(=O)CC[C@@H]1CC[C@H](O)c1cccc(Oc2ccc(F)cc2)c1. The van der Waals surface area contributed by atoms with Gasteiger partial charge in [0, 0.05) is 25.4 Å². The van der Waals surface area contributed by atoms with Crippen LogP contribution in [-0.4, -0.2) is 39.6 Å². The molecule has 2 atom stereocenters. The number of hydrogen-bond donors (Lipinski definition) is 2. The number of aliphatic hydroxyl groups excluding tert-OH is 1. The van der Waals surface area contributed by atoms with Gasteiger partial charge in [-0.3, -0.25) is 9.59 Å². The first kappa shape index (κ1) is 24.7. The van der Waals surface area contributed by atoms with Crippen LogP contribution in [0.5, 0.6) is 11.5 Å². The monoisotopic (exact) mass is 457 g/mol.